The van der Waals surface area contributed by atoms with Crippen LogP contribution in [0.3, 0.4) is 0 Å². The Balaban J connectivity index is 1.89. The fraction of sp³-hybridized carbons (Fsp3) is 0.188. The molecule has 116 valence electrons. The number of nitrogens with zero attached hydrogens (tertiary/aromatic N) is 3. The number of aromatic carboxylic acids is 1. The SMILES string of the molecule is O=C(O)c1csc(-n2nc(C3=CCCCO3)c3ccccc32)n1. The van der Waals surface area contributed by atoms with Gasteiger partial charge in [0.05, 0.1) is 12.1 Å². The van der Waals surface area contributed by atoms with Crippen molar-refractivity contribution in [1.29, 1.82) is 0 Å². The second-order valence-corrected chi connectivity index (χ2v) is 5.99. The maximum Gasteiger partial charge on any atom is 0.355 e. The predicted octanol–water partition coefficient (Wildman–Crippen LogP) is 3.33. The quantitative estimate of drug-likeness (QED) is 0.798. The molecule has 1 aliphatic heterocycles. The topological polar surface area (TPSA) is 77.2 Å². The van der Waals surface area contributed by atoms with Crippen LogP contribution in [-0.4, -0.2) is 32.4 Å². The summed E-state index contributed by atoms with van der Waals surface area (Å²) in [5.41, 5.74) is 1.68. The smallest absolute Gasteiger partial charge is 0.355 e. The zero-order chi connectivity index (χ0) is 15.8. The molecular weight excluding hydrogens is 314 g/mol. The number of carboxylic acid groups (broad SMARTS) is 1. The zero-order valence-corrected chi connectivity index (χ0v) is 12.9. The van der Waals surface area contributed by atoms with Crippen LogP contribution in [0.1, 0.15) is 29.0 Å². The Morgan fingerprint density at radius 1 is 1.35 bits per heavy atom. The summed E-state index contributed by atoms with van der Waals surface area (Å²) in [5, 5.41) is 16.7. The van der Waals surface area contributed by atoms with Gasteiger partial charge in [0.15, 0.2) is 5.69 Å². The number of aromatic nitrogens is 3. The summed E-state index contributed by atoms with van der Waals surface area (Å²) in [4.78, 5) is 15.2. The third kappa shape index (κ3) is 2.39. The molecule has 6 nitrogen and oxygen atoms in total. The lowest BCUT2D eigenvalue weighted by Crippen LogP contribution is -2.03. The molecule has 2 aromatic heterocycles. The molecule has 0 spiro atoms. The number of para-hydroxylation sites is 1. The number of carboxylic acids is 1. The number of hydrogen-bond acceptors (Lipinski definition) is 5. The average Bonchev–Trinajstić information content (AvgIpc) is 3.20. The maximum atomic E-state index is 11.0. The van der Waals surface area contributed by atoms with Crippen LogP contribution < -0.4 is 0 Å². The van der Waals surface area contributed by atoms with E-state index in [-0.39, 0.29) is 5.69 Å². The lowest BCUT2D eigenvalue weighted by Gasteiger charge is -2.12. The van der Waals surface area contributed by atoms with Gasteiger partial charge in [0.2, 0.25) is 5.13 Å². The summed E-state index contributed by atoms with van der Waals surface area (Å²) in [5.74, 6) is -0.260. The highest BCUT2D eigenvalue weighted by molar-refractivity contribution is 7.12. The lowest BCUT2D eigenvalue weighted by atomic mass is 10.1. The molecule has 0 saturated carbocycles. The fourth-order valence-electron chi connectivity index (χ4n) is 2.58. The molecule has 0 saturated heterocycles. The van der Waals surface area contributed by atoms with Gasteiger partial charge in [-0.3, -0.25) is 0 Å². The molecule has 1 aliphatic rings. The lowest BCUT2D eigenvalue weighted by molar-refractivity contribution is 0.0691. The molecule has 0 fully saturated rings. The number of fused-ring (bicyclic) bond motifs is 1. The standard InChI is InChI=1S/C16H13N3O3S/c20-15(21)11-9-23-16(17-11)19-12-6-2-1-5-10(12)14(18-19)13-7-3-4-8-22-13/h1-2,5-7,9H,3-4,8H2,(H,20,21). The Morgan fingerprint density at radius 3 is 2.96 bits per heavy atom. The van der Waals surface area contributed by atoms with E-state index in [0.29, 0.717) is 11.7 Å². The highest BCUT2D eigenvalue weighted by atomic mass is 32.1. The molecular formula is C16H13N3O3S. The van der Waals surface area contributed by atoms with Gasteiger partial charge in [0.25, 0.3) is 0 Å². The number of benzene rings is 1. The van der Waals surface area contributed by atoms with E-state index in [2.05, 4.69) is 10.1 Å². The molecule has 0 atom stereocenters. The zero-order valence-electron chi connectivity index (χ0n) is 12.1. The van der Waals surface area contributed by atoms with Crippen LogP contribution >= 0.6 is 11.3 Å². The first-order valence-electron chi connectivity index (χ1n) is 7.24. The molecule has 0 amide bonds. The molecule has 23 heavy (non-hydrogen) atoms. The molecule has 0 unspecified atom stereocenters. The molecule has 3 aromatic rings. The van der Waals surface area contributed by atoms with E-state index < -0.39 is 5.97 Å². The second kappa shape index (κ2) is 5.51. The van der Waals surface area contributed by atoms with Gasteiger partial charge in [-0.25, -0.2) is 14.5 Å². The van der Waals surface area contributed by atoms with Gasteiger partial charge in [-0.15, -0.1) is 11.3 Å². The van der Waals surface area contributed by atoms with Crippen molar-refractivity contribution in [2.45, 2.75) is 12.8 Å². The van der Waals surface area contributed by atoms with Crippen LogP contribution in [-0.2, 0) is 4.74 Å². The van der Waals surface area contributed by atoms with E-state index in [1.807, 2.05) is 30.3 Å². The minimum Gasteiger partial charge on any atom is -0.492 e. The first-order valence-corrected chi connectivity index (χ1v) is 8.12. The number of ether oxygens (including phenoxy) is 1. The van der Waals surface area contributed by atoms with Crippen LogP contribution in [0.4, 0.5) is 0 Å². The number of carbonyl (C=O) groups is 1. The van der Waals surface area contributed by atoms with E-state index in [9.17, 15) is 4.79 Å². The van der Waals surface area contributed by atoms with Crippen LogP contribution in [0.2, 0.25) is 0 Å². The molecule has 3 heterocycles. The highest BCUT2D eigenvalue weighted by Gasteiger charge is 2.19. The first kappa shape index (κ1) is 14.0. The molecule has 0 bridgehead atoms. The van der Waals surface area contributed by atoms with Crippen LogP contribution in [0.15, 0.2) is 35.7 Å². The molecule has 7 heteroatoms. The van der Waals surface area contributed by atoms with Crippen molar-refractivity contribution in [1.82, 2.24) is 14.8 Å². The summed E-state index contributed by atoms with van der Waals surface area (Å²) >= 11 is 1.25. The molecule has 1 aromatic carbocycles. The number of hydrogen-bond donors (Lipinski definition) is 1. The van der Waals surface area contributed by atoms with Gasteiger partial charge in [-0.1, -0.05) is 18.2 Å². The van der Waals surface area contributed by atoms with Crippen molar-refractivity contribution in [3.05, 3.63) is 47.1 Å². The van der Waals surface area contributed by atoms with E-state index in [1.165, 1.54) is 16.7 Å². The Bertz CT molecular complexity index is 926. The largest absolute Gasteiger partial charge is 0.492 e. The Labute approximate surface area is 135 Å². The van der Waals surface area contributed by atoms with Gasteiger partial charge in [-0.2, -0.15) is 5.10 Å². The number of rotatable bonds is 3. The van der Waals surface area contributed by atoms with Crippen LogP contribution in [0.25, 0.3) is 21.8 Å². The van der Waals surface area contributed by atoms with Crippen LogP contribution in [0, 0.1) is 0 Å². The highest BCUT2D eigenvalue weighted by Crippen LogP contribution is 2.30. The van der Waals surface area contributed by atoms with Gasteiger partial charge < -0.3 is 9.84 Å². The van der Waals surface area contributed by atoms with Crippen molar-refractivity contribution in [3.63, 3.8) is 0 Å². The van der Waals surface area contributed by atoms with E-state index in [4.69, 9.17) is 9.84 Å². The Kier molecular flexibility index (Phi) is 3.34. The number of thiazole rings is 1. The minimum atomic E-state index is -1.04. The van der Waals surface area contributed by atoms with Gasteiger partial charge in [0.1, 0.15) is 11.5 Å². The summed E-state index contributed by atoms with van der Waals surface area (Å²) in [6, 6.07) is 7.80. The van der Waals surface area contributed by atoms with Crippen LogP contribution in [0.5, 0.6) is 0 Å². The molecule has 4 rings (SSSR count). The monoisotopic (exact) mass is 327 g/mol. The first-order chi connectivity index (χ1) is 11.2. The summed E-state index contributed by atoms with van der Waals surface area (Å²) < 4.78 is 7.42. The average molecular weight is 327 g/mol. The minimum absolute atomic E-state index is 0.0271. The van der Waals surface area contributed by atoms with E-state index in [0.717, 1.165) is 35.2 Å². The Morgan fingerprint density at radius 2 is 2.22 bits per heavy atom. The van der Waals surface area contributed by atoms with Crippen molar-refractivity contribution < 1.29 is 14.6 Å². The van der Waals surface area contributed by atoms with Crippen molar-refractivity contribution in [3.8, 4) is 5.13 Å². The van der Waals surface area contributed by atoms with E-state index >= 15 is 0 Å². The van der Waals surface area contributed by atoms with Crippen molar-refractivity contribution >= 4 is 34.0 Å². The number of allylic oxidation sites excluding steroid dienone is 1. The molecule has 0 radical (unpaired) electrons. The molecule has 1 N–H and O–H groups in total. The maximum absolute atomic E-state index is 11.0. The summed E-state index contributed by atoms with van der Waals surface area (Å²) in [7, 11) is 0. The second-order valence-electron chi connectivity index (χ2n) is 5.16. The van der Waals surface area contributed by atoms with Gasteiger partial charge in [-0.05, 0) is 25.0 Å². The Hall–Kier alpha value is -2.67. The van der Waals surface area contributed by atoms with Crippen molar-refractivity contribution in [2.75, 3.05) is 6.61 Å². The normalized spacial score (nSPS) is 14.5. The van der Waals surface area contributed by atoms with Gasteiger partial charge >= 0.3 is 5.97 Å². The third-order valence-corrected chi connectivity index (χ3v) is 4.47. The van der Waals surface area contributed by atoms with E-state index in [1.54, 1.807) is 4.68 Å². The molecule has 0 aliphatic carbocycles. The summed E-state index contributed by atoms with van der Waals surface area (Å²) in [6.07, 6.45) is 4.03. The predicted molar refractivity (Wildman–Crippen MR) is 86.9 cm³/mol. The van der Waals surface area contributed by atoms with Gasteiger partial charge in [0, 0.05) is 10.8 Å². The van der Waals surface area contributed by atoms with Crippen molar-refractivity contribution in [2.24, 2.45) is 0 Å². The summed E-state index contributed by atoms with van der Waals surface area (Å²) in [6.45, 7) is 0.688. The fourth-order valence-corrected chi connectivity index (χ4v) is 3.34. The third-order valence-electron chi connectivity index (χ3n) is 3.65.